The molecule has 1 aliphatic rings. The highest BCUT2D eigenvalue weighted by molar-refractivity contribution is 6.02. The van der Waals surface area contributed by atoms with E-state index in [0.717, 1.165) is 0 Å². The van der Waals surface area contributed by atoms with E-state index < -0.39 is 139 Å². The summed E-state index contributed by atoms with van der Waals surface area (Å²) < 4.78 is 0. The van der Waals surface area contributed by atoms with Crippen molar-refractivity contribution in [2.45, 2.75) is 170 Å². The molecule has 0 spiro atoms. The number of aliphatic hydroxyl groups is 2. The number of unbranched alkanes of at least 4 members (excludes halogenated alkanes) is 4. The van der Waals surface area contributed by atoms with Crippen molar-refractivity contribution in [2.24, 2.45) is 51.6 Å². The number of hydrogen-bond acceptors (Lipinski definition) is 22. The molecular formula is C54H101N23O12. The van der Waals surface area contributed by atoms with Gasteiger partial charge in [-0.25, -0.2) is 4.98 Å². The van der Waals surface area contributed by atoms with Crippen LogP contribution < -0.4 is 105 Å². The van der Waals surface area contributed by atoms with Crippen LogP contribution in [0.1, 0.15) is 108 Å². The molecule has 32 N–H and O–H groups in total. The molecule has 89 heavy (non-hydrogen) atoms. The molecule has 2 rings (SSSR count). The molecule has 10 amide bonds. The molecule has 1 aromatic rings. The van der Waals surface area contributed by atoms with Crippen LogP contribution in [0.3, 0.4) is 0 Å². The lowest BCUT2D eigenvalue weighted by Crippen LogP contribution is -2.63. The topological polar surface area (TPSA) is 621 Å². The van der Waals surface area contributed by atoms with E-state index in [1.165, 1.54) is 23.5 Å². The molecule has 1 aromatic heterocycles. The lowest BCUT2D eigenvalue weighted by Gasteiger charge is -2.30. The average molecular weight is 1260 g/mol. The highest BCUT2D eigenvalue weighted by Gasteiger charge is 2.40. The van der Waals surface area contributed by atoms with E-state index >= 15 is 0 Å². The Labute approximate surface area is 518 Å². The van der Waals surface area contributed by atoms with Crippen molar-refractivity contribution in [1.82, 2.24) is 68.0 Å². The Hall–Kier alpha value is -7.48. The van der Waals surface area contributed by atoms with E-state index in [0.29, 0.717) is 89.7 Å². The number of aromatic amines is 1. The van der Waals surface area contributed by atoms with Gasteiger partial charge in [0, 0.05) is 51.0 Å². The van der Waals surface area contributed by atoms with Gasteiger partial charge in [-0.3, -0.25) is 53.4 Å². The minimum atomic E-state index is -1.84. The Balaban J connectivity index is 2.38. The molecule has 1 unspecified atom stereocenters. The van der Waals surface area contributed by atoms with Gasteiger partial charge in [0.2, 0.25) is 53.2 Å². The summed E-state index contributed by atoms with van der Waals surface area (Å²) in [6.45, 7) is -0.000401. The molecule has 1 aliphatic heterocycles. The lowest BCUT2D eigenvalue weighted by molar-refractivity contribution is -0.142. The minimum absolute atomic E-state index is 0.0127. The number of carbonyl (C=O) groups is 10. The van der Waals surface area contributed by atoms with Crippen molar-refractivity contribution >= 4 is 65.0 Å². The second-order valence-corrected chi connectivity index (χ2v) is 21.4. The zero-order chi connectivity index (χ0) is 66.3. The number of imidazole rings is 1. The smallest absolute Gasteiger partial charge is 0.268 e. The number of rotatable bonds is 46. The molecule has 0 radical (unpaired) electrons. The highest BCUT2D eigenvalue weighted by atomic mass is 16.3. The zero-order valence-electron chi connectivity index (χ0n) is 50.9. The van der Waals surface area contributed by atoms with Crippen LogP contribution in [-0.2, 0) is 54.4 Å². The molecular weight excluding hydrogens is 1160 g/mol. The van der Waals surface area contributed by atoms with Gasteiger partial charge >= 0.3 is 0 Å². The molecule has 0 saturated carbocycles. The maximum atomic E-state index is 14.5. The number of nitrogens with two attached hydrogens (primary N) is 9. The monoisotopic (exact) mass is 1260 g/mol. The number of nitrogens with zero attached hydrogens (tertiary/aromatic N) is 2. The largest absolute Gasteiger partial charge is 0.389 e. The van der Waals surface area contributed by atoms with Crippen molar-refractivity contribution in [3.63, 3.8) is 0 Å². The first-order valence-corrected chi connectivity index (χ1v) is 30.4. The number of likely N-dealkylation sites (tertiary alicyclic amines) is 1. The third kappa shape index (κ3) is 29.1. The second-order valence-electron chi connectivity index (χ2n) is 21.4. The number of guanidine groups is 1. The van der Waals surface area contributed by atoms with Crippen LogP contribution in [0.2, 0.25) is 0 Å². The number of H-pyrrole nitrogens is 1. The van der Waals surface area contributed by atoms with Crippen molar-refractivity contribution in [3.05, 3.63) is 30.0 Å². The fourth-order valence-corrected chi connectivity index (χ4v) is 9.27. The number of nitrogens with one attached hydrogen (secondary N) is 12. The van der Waals surface area contributed by atoms with Gasteiger partial charge < -0.3 is 125 Å². The summed E-state index contributed by atoms with van der Waals surface area (Å²) in [6, 6.07) is -10.9. The Morgan fingerprint density at radius 3 is 1.78 bits per heavy atom. The molecule has 2 heterocycles. The molecule has 35 nitrogen and oxygen atoms in total. The molecule has 35 heteroatoms. The van der Waals surface area contributed by atoms with Gasteiger partial charge in [0.05, 0.1) is 31.1 Å². The highest BCUT2D eigenvalue weighted by Crippen LogP contribution is 2.21. The summed E-state index contributed by atoms with van der Waals surface area (Å²) in [5.74, 6) is -8.76. The van der Waals surface area contributed by atoms with Crippen LogP contribution in [0.15, 0.2) is 24.3 Å². The summed E-state index contributed by atoms with van der Waals surface area (Å²) >= 11 is 0. The fourth-order valence-electron chi connectivity index (χ4n) is 9.27. The van der Waals surface area contributed by atoms with E-state index in [9.17, 15) is 58.2 Å². The van der Waals surface area contributed by atoms with Gasteiger partial charge in [0.15, 0.2) is 5.96 Å². The number of carbonyl (C=O) groups excluding carboxylic acids is 10. The molecule has 504 valence electrons. The van der Waals surface area contributed by atoms with Gasteiger partial charge in [0.25, 0.3) is 5.91 Å². The first-order chi connectivity index (χ1) is 42.6. The maximum absolute atomic E-state index is 14.5. The minimum Gasteiger partial charge on any atom is -0.389 e. The third-order valence-corrected chi connectivity index (χ3v) is 14.3. The van der Waals surface area contributed by atoms with Crippen molar-refractivity contribution in [3.8, 4) is 0 Å². The summed E-state index contributed by atoms with van der Waals surface area (Å²) in [5.41, 5.74) is 51.3. The number of hydrogen-bond donors (Lipinski definition) is 23. The van der Waals surface area contributed by atoms with E-state index in [4.69, 9.17) is 57.0 Å². The van der Waals surface area contributed by atoms with Crippen LogP contribution in [0.5, 0.6) is 0 Å². The van der Waals surface area contributed by atoms with E-state index in [-0.39, 0.29) is 89.2 Å². The molecule has 1 fully saturated rings. The van der Waals surface area contributed by atoms with Crippen molar-refractivity contribution in [2.75, 3.05) is 72.0 Å². The van der Waals surface area contributed by atoms with Crippen LogP contribution in [0, 0.1) is 5.41 Å². The second kappa shape index (κ2) is 44.0. The first kappa shape index (κ1) is 77.6. The predicted molar refractivity (Wildman–Crippen MR) is 329 cm³/mol. The number of aromatic nitrogens is 2. The van der Waals surface area contributed by atoms with Gasteiger partial charge in [-0.05, 0) is 129 Å². The van der Waals surface area contributed by atoms with Crippen molar-refractivity contribution < 1.29 is 58.2 Å². The Kier molecular flexibility index (Phi) is 38.4. The van der Waals surface area contributed by atoms with E-state index in [1.807, 2.05) is 0 Å². The number of amides is 10. The normalized spacial score (nSPS) is 16.1. The number of aliphatic hydroxyl groups excluding tert-OH is 2. The summed E-state index contributed by atoms with van der Waals surface area (Å²) in [4.78, 5) is 147. The van der Waals surface area contributed by atoms with Crippen LogP contribution in [-0.4, -0.2) is 223 Å². The molecule has 0 aliphatic carbocycles. The van der Waals surface area contributed by atoms with Crippen LogP contribution in [0.25, 0.3) is 0 Å². The predicted octanol–water partition coefficient (Wildman–Crippen LogP) is -9.21. The summed E-state index contributed by atoms with van der Waals surface area (Å²) in [6.07, 6.45) is 5.86. The Morgan fingerprint density at radius 2 is 1.19 bits per heavy atom. The van der Waals surface area contributed by atoms with Crippen molar-refractivity contribution in [1.29, 1.82) is 5.41 Å². The van der Waals surface area contributed by atoms with Crippen LogP contribution in [0.4, 0.5) is 0 Å². The summed E-state index contributed by atoms with van der Waals surface area (Å²) in [5, 5.41) is 54.4. The zero-order valence-corrected chi connectivity index (χ0v) is 50.9. The van der Waals surface area contributed by atoms with E-state index in [2.05, 4.69) is 63.1 Å². The molecule has 1 saturated heterocycles. The fraction of sp³-hybridized carbons (Fsp3) is 0.704. The van der Waals surface area contributed by atoms with Gasteiger partial charge in [-0.1, -0.05) is 12.5 Å². The molecule has 0 bridgehead atoms. The maximum Gasteiger partial charge on any atom is 0.268 e. The standard InChI is InChI=1S/C54H101N23O12/c55-18-4-1-12-33(62)45(81)75-44(41(79)28-61)52(88)76-43(40(78)27-60)51(87)68-30-42(80)70-37(15-9-22-59)53(89)77-25-11-17-39(77)50(86)74-38(26-32-29-65-31-69-32)49(85)73-35(14-3-6-20-57)47(83)72-36(16-10-24-67-54(63)64)48(84)71-34(13-2-5-19-56)46(82)66-23-8-7-21-58/h16,29,31,33-35,37-41,43-44,78-79H,1-15,17-28,30,55-62H2,(H,65,69)(H,66,82)(H,68,87)(H,70,80)(H,71,84)(H,72,83)(H,73,85)(H,74,86)(H,75,81)(H,76,88)(H4,63,64,67)/b36-16-/t33-,34+,35+,37-,38?,39+,40+,41+,43+,44+/m1/s1. The van der Waals surface area contributed by atoms with E-state index in [1.54, 1.807) is 0 Å². The quantitative estimate of drug-likeness (QED) is 0.0125. The Morgan fingerprint density at radius 1 is 0.618 bits per heavy atom. The van der Waals surface area contributed by atoms with Gasteiger partial charge in [-0.2, -0.15) is 0 Å². The van der Waals surface area contributed by atoms with Crippen LogP contribution >= 0.6 is 0 Å². The SMILES string of the molecule is N=C(N)NCC/C=C(\NC(=O)[C@H](CCCCN)NC(=O)C(Cc1cnc[nH]1)NC(=O)[C@@H]1CCCN1C(=O)[C@@H](CCCN)NC(=O)CNC(=O)[C@@H](NC(=O)[C@@H](NC(=O)[C@H](N)CCCCN)[C@@H](O)CN)[C@@H](O)CN)C(=O)N[C@@H](CCCCN)C(=O)NCCCCN. The lowest BCUT2D eigenvalue weighted by atomic mass is 10.0. The summed E-state index contributed by atoms with van der Waals surface area (Å²) in [7, 11) is 0. The molecule has 0 aromatic carbocycles. The average Bonchev–Trinajstić information content (AvgIpc) is 3.27. The Bertz CT molecular complexity index is 2410. The van der Waals surface area contributed by atoms with Gasteiger partial charge in [0.1, 0.15) is 48.0 Å². The molecule has 10 atom stereocenters. The third-order valence-electron chi connectivity index (χ3n) is 14.3. The first-order valence-electron chi connectivity index (χ1n) is 30.4. The van der Waals surface area contributed by atoms with Gasteiger partial charge in [-0.15, -0.1) is 0 Å².